The predicted octanol–water partition coefficient (Wildman–Crippen LogP) is 2.63. The van der Waals surface area contributed by atoms with Gasteiger partial charge in [-0.1, -0.05) is 29.5 Å². The average molecular weight is 413 g/mol. The van der Waals surface area contributed by atoms with E-state index in [4.69, 9.17) is 9.72 Å². The largest absolute Gasteiger partial charge is 0.394 e. The van der Waals surface area contributed by atoms with Gasteiger partial charge in [0.1, 0.15) is 5.69 Å². The molecule has 1 aromatic carbocycles. The number of benzene rings is 1. The van der Waals surface area contributed by atoms with E-state index in [1.807, 2.05) is 35.2 Å². The van der Waals surface area contributed by atoms with E-state index < -0.39 is 0 Å². The summed E-state index contributed by atoms with van der Waals surface area (Å²) in [4.78, 5) is 23.9. The number of thiazole rings is 1. The Morgan fingerprint density at radius 2 is 2.34 bits per heavy atom. The molecule has 29 heavy (non-hydrogen) atoms. The molecule has 3 aromatic rings. The van der Waals surface area contributed by atoms with Gasteiger partial charge in [0.25, 0.3) is 5.91 Å². The molecule has 0 aliphatic carbocycles. The summed E-state index contributed by atoms with van der Waals surface area (Å²) in [5, 5.41) is 15.0. The maximum atomic E-state index is 13.0. The molecule has 1 amide bonds. The van der Waals surface area contributed by atoms with Gasteiger partial charge in [0.15, 0.2) is 5.13 Å². The maximum absolute atomic E-state index is 13.0. The summed E-state index contributed by atoms with van der Waals surface area (Å²) in [7, 11) is 0. The van der Waals surface area contributed by atoms with Crippen LogP contribution in [0.2, 0.25) is 0 Å². The number of ether oxygens (including phenoxy) is 1. The minimum atomic E-state index is -0.0470. The van der Waals surface area contributed by atoms with E-state index in [1.54, 1.807) is 11.3 Å². The fourth-order valence-corrected chi connectivity index (χ4v) is 5.22. The number of aliphatic hydroxyl groups excluding tert-OH is 1. The van der Waals surface area contributed by atoms with Gasteiger partial charge < -0.3 is 25.0 Å². The monoisotopic (exact) mass is 412 g/mol. The van der Waals surface area contributed by atoms with Crippen LogP contribution in [-0.2, 0) is 17.7 Å². The second kappa shape index (κ2) is 7.78. The quantitative estimate of drug-likeness (QED) is 0.599. The molecule has 2 aliphatic rings. The number of carbonyl (C=O) groups is 1. The van der Waals surface area contributed by atoms with Gasteiger partial charge in [-0.05, 0) is 18.6 Å². The second-order valence-electron chi connectivity index (χ2n) is 7.69. The molecule has 2 aromatic heterocycles. The fourth-order valence-electron chi connectivity index (χ4n) is 4.13. The first-order valence-electron chi connectivity index (χ1n) is 10.0. The second-order valence-corrected chi connectivity index (χ2v) is 8.78. The predicted molar refractivity (Wildman–Crippen MR) is 112 cm³/mol. The third kappa shape index (κ3) is 3.63. The molecule has 5 rings (SSSR count). The first-order chi connectivity index (χ1) is 14.2. The van der Waals surface area contributed by atoms with Crippen LogP contribution in [0.15, 0.2) is 30.3 Å². The van der Waals surface area contributed by atoms with Gasteiger partial charge in [0, 0.05) is 41.3 Å². The van der Waals surface area contributed by atoms with Crippen LogP contribution in [0.5, 0.6) is 0 Å². The Hall–Kier alpha value is -2.42. The molecule has 4 heterocycles. The summed E-state index contributed by atoms with van der Waals surface area (Å²) in [5.74, 6) is 0.326. The summed E-state index contributed by atoms with van der Waals surface area (Å²) in [5.41, 5.74) is 2.65. The van der Waals surface area contributed by atoms with Crippen molar-refractivity contribution in [2.45, 2.75) is 25.4 Å². The van der Waals surface area contributed by atoms with Gasteiger partial charge in [-0.25, -0.2) is 4.98 Å². The van der Waals surface area contributed by atoms with Crippen LogP contribution >= 0.6 is 11.3 Å². The molecule has 2 aliphatic heterocycles. The minimum Gasteiger partial charge on any atom is -0.394 e. The molecule has 0 saturated carbocycles. The number of carbonyl (C=O) groups excluding carboxylic acids is 1. The van der Waals surface area contributed by atoms with Gasteiger partial charge in [0.2, 0.25) is 0 Å². The number of aromatic amines is 1. The lowest BCUT2D eigenvalue weighted by Gasteiger charge is -2.25. The number of nitrogens with zero attached hydrogens (tertiary/aromatic N) is 2. The van der Waals surface area contributed by atoms with Gasteiger partial charge in [-0.15, -0.1) is 0 Å². The SMILES string of the molecule is O=C(c1cc2ccccc2[nH]1)N1CCc2nc(NC(CO)C3CCOC3)sc2C1. The Morgan fingerprint density at radius 3 is 3.14 bits per heavy atom. The fraction of sp³-hybridized carbons (Fsp3) is 0.429. The van der Waals surface area contributed by atoms with Crippen molar-refractivity contribution in [3.63, 3.8) is 0 Å². The Labute approximate surface area is 172 Å². The Morgan fingerprint density at radius 1 is 1.45 bits per heavy atom. The van der Waals surface area contributed by atoms with Crippen LogP contribution in [0.25, 0.3) is 10.9 Å². The van der Waals surface area contributed by atoms with Gasteiger partial charge >= 0.3 is 0 Å². The number of rotatable bonds is 5. The zero-order valence-electron chi connectivity index (χ0n) is 16.1. The number of fused-ring (bicyclic) bond motifs is 2. The molecular weight excluding hydrogens is 388 g/mol. The highest BCUT2D eigenvalue weighted by atomic mass is 32.1. The van der Waals surface area contributed by atoms with E-state index in [-0.39, 0.29) is 18.6 Å². The van der Waals surface area contributed by atoms with Crippen molar-refractivity contribution < 1.29 is 14.6 Å². The minimum absolute atomic E-state index is 0.0195. The van der Waals surface area contributed by atoms with Gasteiger partial charge in [-0.2, -0.15) is 0 Å². The highest BCUT2D eigenvalue weighted by molar-refractivity contribution is 7.15. The van der Waals surface area contributed by atoms with Crippen molar-refractivity contribution >= 4 is 33.3 Å². The van der Waals surface area contributed by atoms with Gasteiger partial charge in [0.05, 0.1) is 31.5 Å². The highest BCUT2D eigenvalue weighted by Gasteiger charge is 2.29. The van der Waals surface area contributed by atoms with E-state index in [1.165, 1.54) is 0 Å². The van der Waals surface area contributed by atoms with Crippen molar-refractivity contribution in [3.8, 4) is 0 Å². The third-order valence-electron chi connectivity index (χ3n) is 5.82. The molecule has 1 saturated heterocycles. The standard InChI is InChI=1S/C21H24N4O3S/c26-11-18(14-6-8-28-12-14)24-21-23-16-5-7-25(10-19(16)29-21)20(27)17-9-13-3-1-2-4-15(13)22-17/h1-4,9,14,18,22,26H,5-8,10-12H2,(H,23,24). The van der Waals surface area contributed by atoms with Crippen LogP contribution in [0.3, 0.4) is 0 Å². The molecule has 0 bridgehead atoms. The van der Waals surface area contributed by atoms with Crippen molar-refractivity contribution in [2.24, 2.45) is 5.92 Å². The van der Waals surface area contributed by atoms with E-state index in [9.17, 15) is 9.90 Å². The normalized spacial score (nSPS) is 20.0. The zero-order chi connectivity index (χ0) is 19.8. The lowest BCUT2D eigenvalue weighted by atomic mass is 10.0. The van der Waals surface area contributed by atoms with Gasteiger partial charge in [-0.3, -0.25) is 4.79 Å². The molecule has 0 radical (unpaired) electrons. The number of anilines is 1. The molecule has 0 spiro atoms. The van der Waals surface area contributed by atoms with Crippen molar-refractivity contribution in [2.75, 3.05) is 31.7 Å². The third-order valence-corrected chi connectivity index (χ3v) is 6.83. The molecule has 3 N–H and O–H groups in total. The van der Waals surface area contributed by atoms with E-state index in [2.05, 4.69) is 10.3 Å². The van der Waals surface area contributed by atoms with E-state index >= 15 is 0 Å². The van der Waals surface area contributed by atoms with Crippen molar-refractivity contribution in [1.29, 1.82) is 0 Å². The molecular formula is C21H24N4O3S. The Balaban J connectivity index is 1.30. The van der Waals surface area contributed by atoms with Crippen LogP contribution in [0.1, 0.15) is 27.5 Å². The summed E-state index contributed by atoms with van der Waals surface area (Å²) >= 11 is 1.58. The summed E-state index contributed by atoms with van der Waals surface area (Å²) in [6, 6.07) is 9.79. The number of para-hydroxylation sites is 1. The number of hydrogen-bond donors (Lipinski definition) is 3. The van der Waals surface area contributed by atoms with Crippen LogP contribution in [-0.4, -0.2) is 58.3 Å². The molecule has 2 atom stereocenters. The summed E-state index contributed by atoms with van der Waals surface area (Å²) in [6.07, 6.45) is 1.70. The first-order valence-corrected chi connectivity index (χ1v) is 10.8. The number of amides is 1. The summed E-state index contributed by atoms with van der Waals surface area (Å²) in [6.45, 7) is 2.71. The lowest BCUT2D eigenvalue weighted by molar-refractivity contribution is 0.0731. The van der Waals surface area contributed by atoms with Crippen LogP contribution < -0.4 is 5.32 Å². The topological polar surface area (TPSA) is 90.5 Å². The molecule has 7 nitrogen and oxygen atoms in total. The molecule has 1 fully saturated rings. The van der Waals surface area contributed by atoms with E-state index in [0.717, 1.165) is 46.1 Å². The number of aromatic nitrogens is 2. The van der Waals surface area contributed by atoms with E-state index in [0.29, 0.717) is 31.3 Å². The number of aliphatic hydroxyl groups is 1. The van der Waals surface area contributed by atoms with Crippen molar-refractivity contribution in [1.82, 2.24) is 14.9 Å². The van der Waals surface area contributed by atoms with Crippen molar-refractivity contribution in [3.05, 3.63) is 46.6 Å². The lowest BCUT2D eigenvalue weighted by Crippen LogP contribution is -2.35. The Kier molecular flexibility index (Phi) is 4.99. The molecule has 8 heteroatoms. The maximum Gasteiger partial charge on any atom is 0.270 e. The van der Waals surface area contributed by atoms with Crippen LogP contribution in [0.4, 0.5) is 5.13 Å². The summed E-state index contributed by atoms with van der Waals surface area (Å²) < 4.78 is 5.45. The number of nitrogens with one attached hydrogen (secondary N) is 2. The first kappa shape index (κ1) is 18.6. The number of H-pyrrole nitrogens is 1. The Bertz CT molecular complexity index is 991. The molecule has 152 valence electrons. The molecule has 2 unspecified atom stereocenters. The van der Waals surface area contributed by atoms with Crippen LogP contribution in [0, 0.1) is 5.92 Å². The average Bonchev–Trinajstić information content (AvgIpc) is 3.49. The number of hydrogen-bond acceptors (Lipinski definition) is 6. The highest BCUT2D eigenvalue weighted by Crippen LogP contribution is 2.31. The zero-order valence-corrected chi connectivity index (χ0v) is 16.9. The smallest absolute Gasteiger partial charge is 0.270 e.